The number of carbonyl (C=O) groups is 1. The Kier molecular flexibility index (Phi) is 2.68. The fourth-order valence-corrected chi connectivity index (χ4v) is 1.40. The van der Waals surface area contributed by atoms with Crippen molar-refractivity contribution in [1.29, 1.82) is 0 Å². The first-order chi connectivity index (χ1) is 7.72. The number of rotatable bonds is 2. The summed E-state index contributed by atoms with van der Waals surface area (Å²) < 4.78 is 4.51. The van der Waals surface area contributed by atoms with Gasteiger partial charge < -0.3 is 9.84 Å². The summed E-state index contributed by atoms with van der Waals surface area (Å²) >= 11 is 0. The van der Waals surface area contributed by atoms with E-state index in [9.17, 15) is 9.90 Å². The van der Waals surface area contributed by atoms with Crippen LogP contribution < -0.4 is 0 Å². The predicted molar refractivity (Wildman–Crippen MR) is 56.9 cm³/mol. The number of methoxy groups -OCH3 is 1. The number of carbonyl (C=O) groups excluding carboxylic acids is 1. The highest BCUT2D eigenvalue weighted by Gasteiger charge is 2.12. The molecule has 0 unspecified atom stereocenters. The highest BCUT2D eigenvalue weighted by molar-refractivity contribution is 5.85. The summed E-state index contributed by atoms with van der Waals surface area (Å²) in [6, 6.07) is 3.54. The van der Waals surface area contributed by atoms with Gasteiger partial charge in [0.15, 0.2) is 5.75 Å². The molecule has 16 heavy (non-hydrogen) atoms. The molecule has 0 saturated carbocycles. The van der Waals surface area contributed by atoms with Gasteiger partial charge in [-0.3, -0.25) is 14.8 Å². The predicted octanol–water partition coefficient (Wildman–Crippen LogP) is 1.05. The van der Waals surface area contributed by atoms with E-state index in [2.05, 4.69) is 14.7 Å². The van der Waals surface area contributed by atoms with Gasteiger partial charge in [0.05, 0.1) is 19.2 Å². The highest BCUT2D eigenvalue weighted by atomic mass is 16.5. The van der Waals surface area contributed by atoms with Crippen LogP contribution in [0.2, 0.25) is 0 Å². The van der Waals surface area contributed by atoms with Crippen LogP contribution in [0.1, 0.15) is 5.69 Å². The van der Waals surface area contributed by atoms with E-state index in [1.165, 1.54) is 7.11 Å². The molecular formula is C11H10N2O3. The smallest absolute Gasteiger partial charge is 0.311 e. The highest BCUT2D eigenvalue weighted by Crippen LogP contribution is 2.24. The number of hydrogen-bond donors (Lipinski definition) is 1. The third-order valence-electron chi connectivity index (χ3n) is 2.24. The van der Waals surface area contributed by atoms with Gasteiger partial charge in [-0.25, -0.2) is 0 Å². The Hall–Kier alpha value is -2.17. The number of pyridine rings is 2. The average Bonchev–Trinajstić information content (AvgIpc) is 2.33. The van der Waals surface area contributed by atoms with Crippen LogP contribution in [0.15, 0.2) is 24.5 Å². The molecule has 0 aromatic carbocycles. The number of fused-ring (bicyclic) bond motifs is 1. The van der Waals surface area contributed by atoms with Gasteiger partial charge in [-0.15, -0.1) is 0 Å². The summed E-state index contributed by atoms with van der Waals surface area (Å²) in [5.74, 6) is -0.512. The second-order valence-electron chi connectivity index (χ2n) is 3.25. The number of nitrogens with zero attached hydrogens (tertiary/aromatic N) is 2. The van der Waals surface area contributed by atoms with Gasteiger partial charge in [0.1, 0.15) is 5.52 Å². The van der Waals surface area contributed by atoms with Crippen LogP contribution in [-0.4, -0.2) is 28.2 Å². The van der Waals surface area contributed by atoms with Gasteiger partial charge in [0, 0.05) is 17.8 Å². The number of aromatic nitrogens is 2. The SMILES string of the molecule is COC(=O)Cc1ncc2cccnc2c1O. The first kappa shape index (κ1) is 10.4. The summed E-state index contributed by atoms with van der Waals surface area (Å²) in [5, 5.41) is 10.6. The standard InChI is InChI=1S/C11H10N2O3/c1-16-9(14)5-8-11(15)10-7(6-13-8)3-2-4-12-10/h2-4,6,15H,5H2,1H3. The molecule has 82 valence electrons. The van der Waals surface area contributed by atoms with Crippen molar-refractivity contribution < 1.29 is 14.6 Å². The van der Waals surface area contributed by atoms with Crippen molar-refractivity contribution >= 4 is 16.9 Å². The second kappa shape index (κ2) is 4.14. The van der Waals surface area contributed by atoms with Crippen molar-refractivity contribution in [3.8, 4) is 5.75 Å². The Labute approximate surface area is 91.7 Å². The van der Waals surface area contributed by atoms with Crippen molar-refractivity contribution in [2.75, 3.05) is 7.11 Å². The van der Waals surface area contributed by atoms with E-state index in [4.69, 9.17) is 0 Å². The number of ether oxygens (including phenoxy) is 1. The molecule has 2 aromatic rings. The zero-order chi connectivity index (χ0) is 11.5. The van der Waals surface area contributed by atoms with Crippen molar-refractivity contribution in [2.45, 2.75) is 6.42 Å². The molecule has 0 spiro atoms. The van der Waals surface area contributed by atoms with Crippen molar-refractivity contribution in [1.82, 2.24) is 9.97 Å². The average molecular weight is 218 g/mol. The molecule has 0 atom stereocenters. The van der Waals surface area contributed by atoms with E-state index >= 15 is 0 Å². The molecular weight excluding hydrogens is 208 g/mol. The van der Waals surface area contributed by atoms with E-state index in [0.29, 0.717) is 5.52 Å². The topological polar surface area (TPSA) is 72.3 Å². The Bertz CT molecular complexity index is 540. The fraction of sp³-hybridized carbons (Fsp3) is 0.182. The summed E-state index contributed by atoms with van der Waals surface area (Å²) in [4.78, 5) is 19.1. The van der Waals surface area contributed by atoms with E-state index in [1.54, 1.807) is 24.5 Å². The van der Waals surface area contributed by atoms with Crippen LogP contribution in [0.5, 0.6) is 5.75 Å². The zero-order valence-electron chi connectivity index (χ0n) is 8.67. The van der Waals surface area contributed by atoms with Crippen LogP contribution in [0.25, 0.3) is 10.9 Å². The van der Waals surface area contributed by atoms with Gasteiger partial charge >= 0.3 is 5.97 Å². The lowest BCUT2D eigenvalue weighted by atomic mass is 10.2. The minimum Gasteiger partial charge on any atom is -0.504 e. The number of hydrogen-bond acceptors (Lipinski definition) is 5. The summed E-state index contributed by atoms with van der Waals surface area (Å²) in [6.07, 6.45) is 3.08. The van der Waals surface area contributed by atoms with Crippen LogP contribution in [0.4, 0.5) is 0 Å². The first-order valence-electron chi connectivity index (χ1n) is 4.70. The third kappa shape index (κ3) is 1.79. The van der Waals surface area contributed by atoms with Crippen LogP contribution in [0, 0.1) is 0 Å². The lowest BCUT2D eigenvalue weighted by molar-refractivity contribution is -0.139. The minimum atomic E-state index is -0.446. The van der Waals surface area contributed by atoms with Crippen molar-refractivity contribution in [2.24, 2.45) is 0 Å². The van der Waals surface area contributed by atoms with E-state index < -0.39 is 5.97 Å². The van der Waals surface area contributed by atoms with Gasteiger partial charge in [0.25, 0.3) is 0 Å². The van der Waals surface area contributed by atoms with Crippen LogP contribution in [-0.2, 0) is 16.0 Å². The molecule has 0 aliphatic heterocycles. The Balaban J connectivity index is 2.48. The maximum Gasteiger partial charge on any atom is 0.311 e. The fourth-order valence-electron chi connectivity index (χ4n) is 1.40. The maximum atomic E-state index is 11.1. The Morgan fingerprint density at radius 2 is 2.31 bits per heavy atom. The molecule has 0 radical (unpaired) electrons. The van der Waals surface area contributed by atoms with Crippen molar-refractivity contribution in [3.05, 3.63) is 30.2 Å². The molecule has 0 fully saturated rings. The molecule has 0 aliphatic rings. The van der Waals surface area contributed by atoms with Crippen molar-refractivity contribution in [3.63, 3.8) is 0 Å². The largest absolute Gasteiger partial charge is 0.504 e. The van der Waals surface area contributed by atoms with Crippen LogP contribution >= 0.6 is 0 Å². The molecule has 5 nitrogen and oxygen atoms in total. The molecule has 1 N–H and O–H groups in total. The lowest BCUT2D eigenvalue weighted by Gasteiger charge is -2.04. The molecule has 2 heterocycles. The van der Waals surface area contributed by atoms with E-state index in [-0.39, 0.29) is 17.9 Å². The Morgan fingerprint density at radius 1 is 1.50 bits per heavy atom. The molecule has 0 aliphatic carbocycles. The number of esters is 1. The molecule has 0 amide bonds. The normalized spacial score (nSPS) is 10.3. The molecule has 2 aromatic heterocycles. The third-order valence-corrected chi connectivity index (χ3v) is 2.24. The van der Waals surface area contributed by atoms with E-state index in [1.807, 2.05) is 0 Å². The monoisotopic (exact) mass is 218 g/mol. The molecule has 0 saturated heterocycles. The summed E-state index contributed by atoms with van der Waals surface area (Å²) in [5.41, 5.74) is 0.717. The van der Waals surface area contributed by atoms with Crippen LogP contribution in [0.3, 0.4) is 0 Å². The quantitative estimate of drug-likeness (QED) is 0.763. The first-order valence-corrected chi connectivity index (χ1v) is 4.70. The van der Waals surface area contributed by atoms with Gasteiger partial charge in [-0.05, 0) is 12.1 Å². The summed E-state index contributed by atoms with van der Waals surface area (Å²) in [6.45, 7) is 0. The molecule has 2 rings (SSSR count). The van der Waals surface area contributed by atoms with Gasteiger partial charge in [-0.2, -0.15) is 0 Å². The molecule has 5 heteroatoms. The van der Waals surface area contributed by atoms with E-state index in [0.717, 1.165) is 5.39 Å². The number of aromatic hydroxyl groups is 1. The van der Waals surface area contributed by atoms with Gasteiger partial charge in [-0.1, -0.05) is 0 Å². The lowest BCUT2D eigenvalue weighted by Crippen LogP contribution is -2.06. The Morgan fingerprint density at radius 3 is 3.06 bits per heavy atom. The van der Waals surface area contributed by atoms with Gasteiger partial charge in [0.2, 0.25) is 0 Å². The molecule has 0 bridgehead atoms. The second-order valence-corrected chi connectivity index (χ2v) is 3.25. The maximum absolute atomic E-state index is 11.1. The zero-order valence-corrected chi connectivity index (χ0v) is 8.67. The summed E-state index contributed by atoms with van der Waals surface area (Å²) in [7, 11) is 1.29. The minimum absolute atomic E-state index is 0.0607.